The van der Waals surface area contributed by atoms with Crippen molar-refractivity contribution in [2.75, 3.05) is 7.11 Å². The summed E-state index contributed by atoms with van der Waals surface area (Å²) < 4.78 is 9.73. The van der Waals surface area contributed by atoms with Crippen LogP contribution in [0, 0.1) is 0 Å². The maximum Gasteiger partial charge on any atom is 0.149 e. The normalized spacial score (nSPS) is 10.3. The van der Waals surface area contributed by atoms with Gasteiger partial charge in [0.2, 0.25) is 0 Å². The molecule has 1 aromatic rings. The Labute approximate surface area is 118 Å². The highest BCUT2D eigenvalue weighted by Crippen LogP contribution is 2.48. The minimum absolute atomic E-state index is 0.752. The van der Waals surface area contributed by atoms with Gasteiger partial charge in [0.15, 0.2) is 0 Å². The fraction of sp³-hybridized carbons (Fsp3) is 0.143. The van der Waals surface area contributed by atoms with Crippen LogP contribution in [0.2, 0.25) is 0 Å². The quantitative estimate of drug-likeness (QED) is 0.364. The number of ether oxygens (including phenoxy) is 1. The summed E-state index contributed by atoms with van der Waals surface area (Å²) in [4.78, 5) is 0. The predicted octanol–water partition coefficient (Wildman–Crippen LogP) is 5.51. The van der Waals surface area contributed by atoms with Crippen molar-refractivity contribution in [2.24, 2.45) is 0 Å². The second-order valence-electron chi connectivity index (χ2n) is 2.10. The third-order valence-electron chi connectivity index (χ3n) is 1.37. The van der Waals surface area contributed by atoms with E-state index in [1.165, 1.54) is 0 Å². The van der Waals surface area contributed by atoms with E-state index in [1.54, 1.807) is 7.11 Å². The summed E-state index contributed by atoms with van der Waals surface area (Å²) in [6, 6.07) is 0. The van der Waals surface area contributed by atoms with Crippen LogP contribution in [0.4, 0.5) is 0 Å². The first-order valence-corrected chi connectivity index (χ1v) is 7.02. The van der Waals surface area contributed by atoms with Crippen molar-refractivity contribution < 1.29 is 4.74 Å². The molecule has 0 amide bonds. The molecule has 0 heterocycles. The van der Waals surface area contributed by atoms with Gasteiger partial charge in [-0.3, -0.25) is 0 Å². The molecule has 0 saturated carbocycles. The van der Waals surface area contributed by atoms with E-state index in [0.29, 0.717) is 0 Å². The van der Waals surface area contributed by atoms with Crippen LogP contribution in [0.3, 0.4) is 0 Å². The molecule has 0 aromatic heterocycles. The maximum absolute atomic E-state index is 5.22. The van der Waals surface area contributed by atoms with Gasteiger partial charge in [-0.1, -0.05) is 0 Å². The number of benzene rings is 1. The smallest absolute Gasteiger partial charge is 0.149 e. The molecule has 13 heavy (non-hydrogen) atoms. The molecule has 0 fully saturated rings. The maximum atomic E-state index is 5.22. The highest BCUT2D eigenvalue weighted by Gasteiger charge is 2.17. The molecule has 1 rings (SSSR count). The Balaban J connectivity index is 3.56. The lowest BCUT2D eigenvalue weighted by Gasteiger charge is -2.11. The number of hydrogen-bond acceptors (Lipinski definition) is 1. The Kier molecular flexibility index (Phi) is 4.77. The van der Waals surface area contributed by atoms with Gasteiger partial charge in [-0.05, 0) is 79.6 Å². The van der Waals surface area contributed by atoms with Gasteiger partial charge in [-0.2, -0.15) is 0 Å². The number of rotatable bonds is 1. The number of halogens is 5. The summed E-state index contributed by atoms with van der Waals surface area (Å²) in [5.74, 6) is 0.752. The van der Waals surface area contributed by atoms with E-state index >= 15 is 0 Å². The summed E-state index contributed by atoms with van der Waals surface area (Å²) in [7, 11) is 1.62. The van der Waals surface area contributed by atoms with Crippen molar-refractivity contribution in [3.8, 4) is 5.75 Å². The first kappa shape index (κ1) is 12.5. The molecule has 0 N–H and O–H groups in total. The molecule has 6 heteroatoms. The summed E-state index contributed by atoms with van der Waals surface area (Å²) in [5.41, 5.74) is 0. The van der Waals surface area contributed by atoms with Crippen LogP contribution in [-0.2, 0) is 0 Å². The van der Waals surface area contributed by atoms with Crippen molar-refractivity contribution >= 4 is 79.6 Å². The molecule has 0 aliphatic heterocycles. The highest BCUT2D eigenvalue weighted by molar-refractivity contribution is 9.15. The van der Waals surface area contributed by atoms with Crippen LogP contribution >= 0.6 is 79.6 Å². The molecule has 0 bridgehead atoms. The first-order chi connectivity index (χ1) is 6.00. The van der Waals surface area contributed by atoms with E-state index < -0.39 is 0 Å². The molecular weight excluding hydrogens is 500 g/mol. The van der Waals surface area contributed by atoms with E-state index in [4.69, 9.17) is 4.74 Å². The first-order valence-electron chi connectivity index (χ1n) is 3.06. The molecule has 0 unspecified atom stereocenters. The summed E-state index contributed by atoms with van der Waals surface area (Å²) in [6.07, 6.45) is 0. The van der Waals surface area contributed by atoms with Gasteiger partial charge in [0.25, 0.3) is 0 Å². The van der Waals surface area contributed by atoms with Crippen LogP contribution in [0.1, 0.15) is 0 Å². The van der Waals surface area contributed by atoms with Crippen molar-refractivity contribution in [1.82, 2.24) is 0 Å². The molecule has 0 radical (unpaired) electrons. The van der Waals surface area contributed by atoms with Gasteiger partial charge < -0.3 is 4.74 Å². The average molecular weight is 503 g/mol. The van der Waals surface area contributed by atoms with Gasteiger partial charge in [0, 0.05) is 4.47 Å². The molecule has 0 spiro atoms. The lowest BCUT2D eigenvalue weighted by atomic mass is 10.3. The zero-order chi connectivity index (χ0) is 10.2. The molecular formula is C7H3Br5O. The van der Waals surface area contributed by atoms with E-state index in [2.05, 4.69) is 79.6 Å². The van der Waals surface area contributed by atoms with E-state index in [9.17, 15) is 0 Å². The Morgan fingerprint density at radius 3 is 1.31 bits per heavy atom. The van der Waals surface area contributed by atoms with Gasteiger partial charge in [0.05, 0.1) is 25.0 Å². The third kappa shape index (κ3) is 2.33. The summed E-state index contributed by atoms with van der Waals surface area (Å²) in [5, 5.41) is 0. The lowest BCUT2D eigenvalue weighted by molar-refractivity contribution is 0.408. The van der Waals surface area contributed by atoms with Crippen molar-refractivity contribution in [3.05, 3.63) is 22.4 Å². The van der Waals surface area contributed by atoms with Crippen LogP contribution in [0.5, 0.6) is 5.75 Å². The van der Waals surface area contributed by atoms with Crippen molar-refractivity contribution in [2.45, 2.75) is 0 Å². The third-order valence-corrected chi connectivity index (χ3v) is 7.39. The minimum atomic E-state index is 0.752. The van der Waals surface area contributed by atoms with E-state index in [0.717, 1.165) is 28.1 Å². The van der Waals surface area contributed by atoms with Gasteiger partial charge in [-0.15, -0.1) is 0 Å². The molecule has 0 saturated heterocycles. The average Bonchev–Trinajstić information content (AvgIpc) is 2.13. The van der Waals surface area contributed by atoms with Crippen LogP contribution in [0.25, 0.3) is 0 Å². The van der Waals surface area contributed by atoms with Crippen LogP contribution in [-0.4, -0.2) is 7.11 Å². The zero-order valence-corrected chi connectivity index (χ0v) is 14.2. The van der Waals surface area contributed by atoms with Crippen LogP contribution in [0.15, 0.2) is 22.4 Å². The minimum Gasteiger partial charge on any atom is -0.494 e. The Morgan fingerprint density at radius 2 is 1.00 bits per heavy atom. The van der Waals surface area contributed by atoms with Crippen molar-refractivity contribution in [1.29, 1.82) is 0 Å². The monoisotopic (exact) mass is 498 g/mol. The van der Waals surface area contributed by atoms with Gasteiger partial charge >= 0.3 is 0 Å². The number of hydrogen-bond donors (Lipinski definition) is 0. The van der Waals surface area contributed by atoms with Crippen molar-refractivity contribution in [3.63, 3.8) is 0 Å². The van der Waals surface area contributed by atoms with E-state index in [-0.39, 0.29) is 0 Å². The molecule has 1 nitrogen and oxygen atoms in total. The fourth-order valence-corrected chi connectivity index (χ4v) is 4.10. The summed E-state index contributed by atoms with van der Waals surface area (Å²) in [6.45, 7) is 0. The second-order valence-corrected chi connectivity index (χ2v) is 6.07. The summed E-state index contributed by atoms with van der Waals surface area (Å²) >= 11 is 17.1. The molecule has 0 atom stereocenters. The SMILES string of the molecule is COc1c(Br)c(Br)c(Br)c(Br)c1Br. The molecule has 1 aromatic carbocycles. The second kappa shape index (κ2) is 4.96. The van der Waals surface area contributed by atoms with E-state index in [1.807, 2.05) is 0 Å². The predicted molar refractivity (Wildman–Crippen MR) is 71.5 cm³/mol. The Morgan fingerprint density at radius 1 is 0.692 bits per heavy atom. The number of methoxy groups -OCH3 is 1. The Bertz CT molecular complexity index is 320. The zero-order valence-electron chi connectivity index (χ0n) is 6.30. The van der Waals surface area contributed by atoms with Crippen LogP contribution < -0.4 is 4.74 Å². The molecule has 0 aliphatic carbocycles. The Hall–Kier alpha value is 1.42. The molecule has 72 valence electrons. The lowest BCUT2D eigenvalue weighted by Crippen LogP contribution is -1.89. The van der Waals surface area contributed by atoms with Gasteiger partial charge in [-0.25, -0.2) is 0 Å². The van der Waals surface area contributed by atoms with Gasteiger partial charge in [0.1, 0.15) is 5.75 Å². The highest BCUT2D eigenvalue weighted by atomic mass is 79.9. The largest absolute Gasteiger partial charge is 0.494 e. The molecule has 0 aliphatic rings. The topological polar surface area (TPSA) is 9.23 Å². The standard InChI is InChI=1S/C7H3Br5O/c1-13-7-5(11)3(9)2(8)4(10)6(7)12/h1H3. The fourth-order valence-electron chi connectivity index (χ4n) is 0.764.